The van der Waals surface area contributed by atoms with E-state index in [1.54, 1.807) is 21.3 Å². The fraction of sp³-hybridized carbons (Fsp3) is 0.296. The van der Waals surface area contributed by atoms with Crippen molar-refractivity contribution in [3.05, 3.63) is 83.4 Å². The SMILES string of the molecule is COc1ccc(CC[C@H](Cc2ccc(OCc3ccccc3)c(OC)c2)C(=O)O)cc1OC. The molecule has 6 nitrogen and oxygen atoms in total. The summed E-state index contributed by atoms with van der Waals surface area (Å²) in [5.74, 6) is 1.16. The molecule has 0 saturated heterocycles. The lowest BCUT2D eigenvalue weighted by Gasteiger charge is -2.16. The van der Waals surface area contributed by atoms with Gasteiger partial charge < -0.3 is 24.1 Å². The maximum atomic E-state index is 11.9. The van der Waals surface area contributed by atoms with Gasteiger partial charge in [-0.3, -0.25) is 4.79 Å². The van der Waals surface area contributed by atoms with Gasteiger partial charge in [0.2, 0.25) is 0 Å². The fourth-order valence-corrected chi connectivity index (χ4v) is 3.67. The van der Waals surface area contributed by atoms with E-state index < -0.39 is 11.9 Å². The first-order valence-electron chi connectivity index (χ1n) is 10.8. The quantitative estimate of drug-likeness (QED) is 0.410. The first-order chi connectivity index (χ1) is 16.0. The van der Waals surface area contributed by atoms with Crippen molar-refractivity contribution in [3.8, 4) is 23.0 Å². The lowest BCUT2D eigenvalue weighted by atomic mass is 9.92. The summed E-state index contributed by atoms with van der Waals surface area (Å²) in [4.78, 5) is 11.9. The molecule has 0 saturated carbocycles. The molecule has 0 bridgehead atoms. The van der Waals surface area contributed by atoms with Crippen LogP contribution < -0.4 is 18.9 Å². The predicted molar refractivity (Wildman–Crippen MR) is 126 cm³/mol. The van der Waals surface area contributed by atoms with Gasteiger partial charge in [-0.05, 0) is 60.2 Å². The standard InChI is InChI=1S/C27H30O6/c1-30-23-13-10-19(16-25(23)31-2)9-12-22(27(28)29)15-21-11-14-24(26(17-21)32-3)33-18-20-7-5-4-6-8-20/h4-8,10-11,13-14,16-17,22H,9,12,15,18H2,1-3H3,(H,28,29)/t22-/m1/s1. The summed E-state index contributed by atoms with van der Waals surface area (Å²) in [6, 6.07) is 21.1. The van der Waals surface area contributed by atoms with E-state index in [2.05, 4.69) is 0 Å². The molecule has 0 aliphatic heterocycles. The van der Waals surface area contributed by atoms with E-state index in [1.165, 1.54) is 0 Å². The number of aliphatic carboxylic acids is 1. The highest BCUT2D eigenvalue weighted by atomic mass is 16.5. The lowest BCUT2D eigenvalue weighted by Crippen LogP contribution is -2.17. The van der Waals surface area contributed by atoms with Crippen molar-refractivity contribution in [3.63, 3.8) is 0 Å². The molecule has 0 spiro atoms. The van der Waals surface area contributed by atoms with Gasteiger partial charge in [-0.1, -0.05) is 42.5 Å². The molecule has 1 N–H and O–H groups in total. The third kappa shape index (κ3) is 6.65. The van der Waals surface area contributed by atoms with Gasteiger partial charge in [0, 0.05) is 0 Å². The number of methoxy groups -OCH3 is 3. The Labute approximate surface area is 194 Å². The Morgan fingerprint density at radius 3 is 2.03 bits per heavy atom. The van der Waals surface area contributed by atoms with Crippen LogP contribution in [0, 0.1) is 5.92 Å². The van der Waals surface area contributed by atoms with E-state index >= 15 is 0 Å². The zero-order chi connectivity index (χ0) is 23.6. The van der Waals surface area contributed by atoms with Crippen molar-refractivity contribution in [1.82, 2.24) is 0 Å². The number of carbonyl (C=O) groups is 1. The maximum Gasteiger partial charge on any atom is 0.306 e. The van der Waals surface area contributed by atoms with E-state index in [0.29, 0.717) is 48.9 Å². The Kier molecular flexibility index (Phi) is 8.58. The van der Waals surface area contributed by atoms with Crippen LogP contribution >= 0.6 is 0 Å². The zero-order valence-corrected chi connectivity index (χ0v) is 19.2. The van der Waals surface area contributed by atoms with Gasteiger partial charge in [0.15, 0.2) is 23.0 Å². The molecule has 6 heteroatoms. The third-order valence-electron chi connectivity index (χ3n) is 5.53. The molecule has 3 aromatic carbocycles. The molecule has 3 aromatic rings. The molecule has 0 aliphatic rings. The Hall–Kier alpha value is -3.67. The van der Waals surface area contributed by atoms with Crippen LogP contribution in [0.1, 0.15) is 23.1 Å². The summed E-state index contributed by atoms with van der Waals surface area (Å²) < 4.78 is 22.0. The highest BCUT2D eigenvalue weighted by molar-refractivity contribution is 5.70. The highest BCUT2D eigenvalue weighted by Crippen LogP contribution is 2.31. The summed E-state index contributed by atoms with van der Waals surface area (Å²) in [5.41, 5.74) is 2.95. The Bertz CT molecular complexity index is 1050. The molecule has 174 valence electrons. The second-order valence-electron chi connectivity index (χ2n) is 7.73. The average Bonchev–Trinajstić information content (AvgIpc) is 2.85. The molecule has 0 aliphatic carbocycles. The van der Waals surface area contributed by atoms with Crippen LogP contribution in [0.3, 0.4) is 0 Å². The summed E-state index contributed by atoms with van der Waals surface area (Å²) in [6.07, 6.45) is 1.52. The Balaban J connectivity index is 1.65. The molecule has 33 heavy (non-hydrogen) atoms. The second kappa shape index (κ2) is 11.8. The topological polar surface area (TPSA) is 74.2 Å². The number of carboxylic acid groups (broad SMARTS) is 1. The minimum atomic E-state index is -0.821. The number of ether oxygens (including phenoxy) is 4. The van der Waals surface area contributed by atoms with Crippen LogP contribution in [0.25, 0.3) is 0 Å². The first kappa shape index (κ1) is 24.0. The molecule has 1 atom stereocenters. The molecule has 0 heterocycles. The van der Waals surface area contributed by atoms with Crippen LogP contribution in [-0.4, -0.2) is 32.4 Å². The number of hydrogen-bond donors (Lipinski definition) is 1. The molecule has 0 fully saturated rings. The van der Waals surface area contributed by atoms with E-state index in [9.17, 15) is 9.90 Å². The summed E-state index contributed by atoms with van der Waals surface area (Å²) in [6.45, 7) is 0.430. The van der Waals surface area contributed by atoms with Crippen molar-refractivity contribution in [2.75, 3.05) is 21.3 Å². The number of carboxylic acids is 1. The normalized spacial score (nSPS) is 11.5. The van der Waals surface area contributed by atoms with Crippen LogP contribution in [0.4, 0.5) is 0 Å². The van der Waals surface area contributed by atoms with Gasteiger partial charge in [0.25, 0.3) is 0 Å². The zero-order valence-electron chi connectivity index (χ0n) is 19.2. The van der Waals surface area contributed by atoms with E-state index in [1.807, 2.05) is 66.7 Å². The second-order valence-corrected chi connectivity index (χ2v) is 7.73. The van der Waals surface area contributed by atoms with Crippen LogP contribution in [0.2, 0.25) is 0 Å². The minimum absolute atomic E-state index is 0.401. The lowest BCUT2D eigenvalue weighted by molar-refractivity contribution is -0.141. The number of aryl methyl sites for hydroxylation is 1. The molecule has 3 rings (SSSR count). The third-order valence-corrected chi connectivity index (χ3v) is 5.53. The van der Waals surface area contributed by atoms with E-state index in [4.69, 9.17) is 18.9 Å². The van der Waals surface area contributed by atoms with Crippen molar-refractivity contribution in [2.24, 2.45) is 5.92 Å². The maximum absolute atomic E-state index is 11.9. The van der Waals surface area contributed by atoms with Crippen LogP contribution in [0.15, 0.2) is 66.7 Å². The fourth-order valence-electron chi connectivity index (χ4n) is 3.67. The van der Waals surface area contributed by atoms with Gasteiger partial charge in [-0.25, -0.2) is 0 Å². The summed E-state index contributed by atoms with van der Waals surface area (Å²) >= 11 is 0. The Morgan fingerprint density at radius 2 is 1.36 bits per heavy atom. The number of benzene rings is 3. The minimum Gasteiger partial charge on any atom is -0.493 e. The number of rotatable bonds is 12. The molecule has 0 radical (unpaired) electrons. The van der Waals surface area contributed by atoms with Crippen molar-refractivity contribution >= 4 is 5.97 Å². The summed E-state index contributed by atoms with van der Waals surface area (Å²) in [7, 11) is 4.76. The smallest absolute Gasteiger partial charge is 0.306 e. The Morgan fingerprint density at radius 1 is 0.758 bits per heavy atom. The van der Waals surface area contributed by atoms with E-state index in [-0.39, 0.29) is 0 Å². The van der Waals surface area contributed by atoms with Gasteiger partial charge in [-0.2, -0.15) is 0 Å². The van der Waals surface area contributed by atoms with Crippen LogP contribution in [0.5, 0.6) is 23.0 Å². The van der Waals surface area contributed by atoms with Gasteiger partial charge >= 0.3 is 5.97 Å². The molecule has 0 amide bonds. The van der Waals surface area contributed by atoms with E-state index in [0.717, 1.165) is 16.7 Å². The molecule has 0 aromatic heterocycles. The van der Waals surface area contributed by atoms with Crippen LogP contribution in [-0.2, 0) is 24.2 Å². The largest absolute Gasteiger partial charge is 0.493 e. The summed E-state index contributed by atoms with van der Waals surface area (Å²) in [5, 5.41) is 9.79. The molecule has 0 unspecified atom stereocenters. The molecular formula is C27H30O6. The predicted octanol–water partition coefficient (Wildman–Crippen LogP) is 5.17. The van der Waals surface area contributed by atoms with Gasteiger partial charge in [0.1, 0.15) is 6.61 Å². The van der Waals surface area contributed by atoms with Crippen molar-refractivity contribution < 1.29 is 28.8 Å². The van der Waals surface area contributed by atoms with Crippen molar-refractivity contribution in [2.45, 2.75) is 25.9 Å². The first-order valence-corrected chi connectivity index (χ1v) is 10.8. The average molecular weight is 451 g/mol. The number of hydrogen-bond acceptors (Lipinski definition) is 5. The highest BCUT2D eigenvalue weighted by Gasteiger charge is 2.19. The van der Waals surface area contributed by atoms with Crippen molar-refractivity contribution in [1.29, 1.82) is 0 Å². The monoisotopic (exact) mass is 450 g/mol. The van der Waals surface area contributed by atoms with Gasteiger partial charge in [0.05, 0.1) is 27.2 Å². The molecular weight excluding hydrogens is 420 g/mol. The van der Waals surface area contributed by atoms with Gasteiger partial charge in [-0.15, -0.1) is 0 Å².